The summed E-state index contributed by atoms with van der Waals surface area (Å²) >= 11 is 0. The van der Waals surface area contributed by atoms with E-state index in [9.17, 15) is 8.42 Å². The van der Waals surface area contributed by atoms with Gasteiger partial charge in [-0.1, -0.05) is 13.8 Å². The second-order valence-electron chi connectivity index (χ2n) is 4.20. The van der Waals surface area contributed by atoms with E-state index in [1.807, 2.05) is 20.8 Å². The van der Waals surface area contributed by atoms with Crippen LogP contribution < -0.4 is 10.5 Å². The number of hydrogen-bond acceptors (Lipinski definition) is 4. The molecular weight excluding hydrogens is 228 g/mol. The van der Waals surface area contributed by atoms with Crippen molar-refractivity contribution < 1.29 is 13.2 Å². The van der Waals surface area contributed by atoms with E-state index < -0.39 is 10.0 Å². The average Bonchev–Trinajstić information content (AvgIpc) is 2.15. The molecule has 98 valence electrons. The van der Waals surface area contributed by atoms with Crippen LogP contribution in [0.15, 0.2) is 0 Å². The molecule has 0 spiro atoms. The Kier molecular flexibility index (Phi) is 7.91. The van der Waals surface area contributed by atoms with Gasteiger partial charge < -0.3 is 10.5 Å². The summed E-state index contributed by atoms with van der Waals surface area (Å²) in [5.74, 6) is 0.415. The van der Waals surface area contributed by atoms with Crippen molar-refractivity contribution in [2.24, 2.45) is 11.7 Å². The third kappa shape index (κ3) is 8.04. The second-order valence-corrected chi connectivity index (χ2v) is 6.07. The lowest BCUT2D eigenvalue weighted by Gasteiger charge is -2.18. The molecule has 0 radical (unpaired) electrons. The van der Waals surface area contributed by atoms with E-state index >= 15 is 0 Å². The summed E-state index contributed by atoms with van der Waals surface area (Å²) < 4.78 is 30.8. The van der Waals surface area contributed by atoms with E-state index in [0.29, 0.717) is 19.1 Å². The molecule has 0 aromatic rings. The number of ether oxygens (including phenoxy) is 1. The van der Waals surface area contributed by atoms with Gasteiger partial charge in [0.2, 0.25) is 10.0 Å². The lowest BCUT2D eigenvalue weighted by atomic mass is 10.1. The van der Waals surface area contributed by atoms with Crippen molar-refractivity contribution >= 4 is 10.0 Å². The minimum atomic E-state index is -3.27. The molecule has 0 aromatic heterocycles. The first-order chi connectivity index (χ1) is 7.41. The molecule has 0 saturated heterocycles. The highest BCUT2D eigenvalue weighted by Crippen LogP contribution is 2.04. The lowest BCUT2D eigenvalue weighted by Crippen LogP contribution is -2.42. The smallest absolute Gasteiger partial charge is 0.214 e. The Morgan fingerprint density at radius 2 is 2.00 bits per heavy atom. The van der Waals surface area contributed by atoms with Gasteiger partial charge >= 0.3 is 0 Å². The molecule has 0 heterocycles. The Balaban J connectivity index is 4.10. The largest absolute Gasteiger partial charge is 0.381 e. The maximum absolute atomic E-state index is 11.6. The van der Waals surface area contributed by atoms with E-state index in [-0.39, 0.29) is 18.4 Å². The third-order valence-electron chi connectivity index (χ3n) is 2.09. The van der Waals surface area contributed by atoms with Crippen molar-refractivity contribution in [3.8, 4) is 0 Å². The van der Waals surface area contributed by atoms with Crippen LogP contribution in [0.2, 0.25) is 0 Å². The highest BCUT2D eigenvalue weighted by molar-refractivity contribution is 7.89. The molecule has 16 heavy (non-hydrogen) atoms. The predicted molar refractivity (Wildman–Crippen MR) is 65.7 cm³/mol. The van der Waals surface area contributed by atoms with Gasteiger partial charge in [-0.3, -0.25) is 0 Å². The Labute approximate surface area is 98.8 Å². The van der Waals surface area contributed by atoms with Crippen LogP contribution >= 0.6 is 0 Å². The summed E-state index contributed by atoms with van der Waals surface area (Å²) in [6.45, 7) is 6.99. The summed E-state index contributed by atoms with van der Waals surface area (Å²) in [5, 5.41) is 0. The van der Waals surface area contributed by atoms with Gasteiger partial charge in [0, 0.05) is 19.2 Å². The molecule has 0 saturated carbocycles. The first-order valence-electron chi connectivity index (χ1n) is 5.69. The number of hydrogen-bond donors (Lipinski definition) is 2. The maximum Gasteiger partial charge on any atom is 0.214 e. The quantitative estimate of drug-likeness (QED) is 0.579. The molecule has 0 amide bonds. The number of sulfonamides is 1. The molecule has 0 fully saturated rings. The third-order valence-corrected chi connectivity index (χ3v) is 3.48. The highest BCUT2D eigenvalue weighted by Gasteiger charge is 2.17. The fraction of sp³-hybridized carbons (Fsp3) is 1.00. The number of nitrogens with one attached hydrogen (secondary N) is 1. The summed E-state index contributed by atoms with van der Waals surface area (Å²) in [6, 6.07) is -0.174. The summed E-state index contributed by atoms with van der Waals surface area (Å²) in [7, 11) is -3.27. The summed E-state index contributed by atoms with van der Waals surface area (Å²) in [5.41, 5.74) is 5.52. The van der Waals surface area contributed by atoms with Crippen molar-refractivity contribution in [2.75, 3.05) is 25.5 Å². The van der Waals surface area contributed by atoms with Crippen LogP contribution in [0.4, 0.5) is 0 Å². The van der Waals surface area contributed by atoms with E-state index in [2.05, 4.69) is 4.72 Å². The normalized spacial score (nSPS) is 14.3. The highest BCUT2D eigenvalue weighted by atomic mass is 32.2. The van der Waals surface area contributed by atoms with Gasteiger partial charge in [-0.2, -0.15) is 0 Å². The molecule has 5 nitrogen and oxygen atoms in total. The molecule has 3 N–H and O–H groups in total. The van der Waals surface area contributed by atoms with Crippen molar-refractivity contribution in [1.29, 1.82) is 0 Å². The molecule has 0 bridgehead atoms. The van der Waals surface area contributed by atoms with E-state index in [1.165, 1.54) is 0 Å². The van der Waals surface area contributed by atoms with Gasteiger partial charge in [0.05, 0.1) is 12.4 Å². The topological polar surface area (TPSA) is 81.4 Å². The summed E-state index contributed by atoms with van der Waals surface area (Å²) in [6.07, 6.45) is 0.754. The molecule has 0 rings (SSSR count). The molecule has 1 unspecified atom stereocenters. The molecule has 0 aromatic carbocycles. The average molecular weight is 252 g/mol. The zero-order chi connectivity index (χ0) is 12.6. The van der Waals surface area contributed by atoms with E-state index in [4.69, 9.17) is 10.5 Å². The minimum Gasteiger partial charge on any atom is -0.381 e. The second kappa shape index (κ2) is 8.00. The van der Waals surface area contributed by atoms with E-state index in [0.717, 1.165) is 6.42 Å². The van der Waals surface area contributed by atoms with Gasteiger partial charge in [0.25, 0.3) is 0 Å². The Morgan fingerprint density at radius 1 is 1.38 bits per heavy atom. The van der Waals surface area contributed by atoms with Gasteiger partial charge in [0.1, 0.15) is 0 Å². The molecule has 0 aliphatic heterocycles. The lowest BCUT2D eigenvalue weighted by molar-refractivity contribution is 0.163. The van der Waals surface area contributed by atoms with Gasteiger partial charge in [-0.15, -0.1) is 0 Å². The summed E-state index contributed by atoms with van der Waals surface area (Å²) in [4.78, 5) is 0. The van der Waals surface area contributed by atoms with Crippen LogP contribution in [0.5, 0.6) is 0 Å². The molecule has 6 heteroatoms. The first-order valence-corrected chi connectivity index (χ1v) is 7.34. The van der Waals surface area contributed by atoms with Crippen LogP contribution in [-0.4, -0.2) is 40.0 Å². The van der Waals surface area contributed by atoms with Crippen LogP contribution in [0.3, 0.4) is 0 Å². The molecule has 0 aliphatic rings. The standard InChI is InChI=1S/C10H24N2O3S/c1-4-15-5-6-16(13,14)12-10(8-11)7-9(2)3/h9-10,12H,4-8,11H2,1-3H3. The monoisotopic (exact) mass is 252 g/mol. The zero-order valence-electron chi connectivity index (χ0n) is 10.4. The molecule has 0 aliphatic carbocycles. The predicted octanol–water partition coefficient (Wildman–Crippen LogP) is 0.316. The van der Waals surface area contributed by atoms with Crippen LogP contribution in [-0.2, 0) is 14.8 Å². The Hall–Kier alpha value is -0.170. The fourth-order valence-electron chi connectivity index (χ4n) is 1.39. The molecule has 1 atom stereocenters. The van der Waals surface area contributed by atoms with Crippen molar-refractivity contribution in [3.05, 3.63) is 0 Å². The van der Waals surface area contributed by atoms with Crippen LogP contribution in [0.25, 0.3) is 0 Å². The Bertz CT molecular complexity index is 265. The fourth-order valence-corrected chi connectivity index (χ4v) is 2.54. The Morgan fingerprint density at radius 3 is 2.44 bits per heavy atom. The van der Waals surface area contributed by atoms with Crippen LogP contribution in [0, 0.1) is 5.92 Å². The van der Waals surface area contributed by atoms with Crippen molar-refractivity contribution in [1.82, 2.24) is 4.72 Å². The van der Waals surface area contributed by atoms with Gasteiger partial charge in [0.15, 0.2) is 0 Å². The zero-order valence-corrected chi connectivity index (χ0v) is 11.2. The van der Waals surface area contributed by atoms with E-state index in [1.54, 1.807) is 0 Å². The van der Waals surface area contributed by atoms with Crippen molar-refractivity contribution in [3.63, 3.8) is 0 Å². The van der Waals surface area contributed by atoms with Gasteiger partial charge in [-0.05, 0) is 19.3 Å². The molecular formula is C10H24N2O3S. The van der Waals surface area contributed by atoms with Gasteiger partial charge in [-0.25, -0.2) is 13.1 Å². The number of rotatable bonds is 9. The maximum atomic E-state index is 11.6. The van der Waals surface area contributed by atoms with Crippen molar-refractivity contribution in [2.45, 2.75) is 33.2 Å². The van der Waals surface area contributed by atoms with Crippen LogP contribution in [0.1, 0.15) is 27.2 Å². The SMILES string of the molecule is CCOCCS(=O)(=O)NC(CN)CC(C)C. The minimum absolute atomic E-state index is 0.00453. The number of nitrogens with two attached hydrogens (primary N) is 1. The first kappa shape index (κ1) is 15.8.